The molecule has 2 heterocycles. The zero-order chi connectivity index (χ0) is 30.0. The van der Waals surface area contributed by atoms with Gasteiger partial charge in [-0.1, -0.05) is 56.2 Å². The number of carbonyl (C=O) groups excluding carboxylic acids is 2. The number of likely N-dealkylation sites (tertiary alicyclic amines) is 1. The summed E-state index contributed by atoms with van der Waals surface area (Å²) in [6.45, 7) is 2.35. The molecule has 2 fully saturated rings. The van der Waals surface area contributed by atoms with Crippen LogP contribution in [0.4, 0.5) is 14.0 Å². The SMILES string of the molecule is CC1CCC(C(NC(=O)OCc2ccccc2)c2nc3c(F)c(C4CN(C(=O)O)CC4C(=O)N(C)C)ccc3[nH]2)CC1. The summed E-state index contributed by atoms with van der Waals surface area (Å²) in [5.74, 6) is -1.08. The number of carbonyl (C=O) groups is 3. The van der Waals surface area contributed by atoms with E-state index in [9.17, 15) is 19.5 Å². The van der Waals surface area contributed by atoms with Crippen LogP contribution in [0.25, 0.3) is 11.0 Å². The summed E-state index contributed by atoms with van der Waals surface area (Å²) in [7, 11) is 3.21. The zero-order valence-electron chi connectivity index (χ0n) is 24.2. The van der Waals surface area contributed by atoms with Crippen molar-refractivity contribution in [3.8, 4) is 0 Å². The summed E-state index contributed by atoms with van der Waals surface area (Å²) in [5.41, 5.74) is 1.68. The van der Waals surface area contributed by atoms with Crippen molar-refractivity contribution in [3.05, 3.63) is 65.2 Å². The van der Waals surface area contributed by atoms with Crippen molar-refractivity contribution in [2.24, 2.45) is 17.8 Å². The first-order valence-electron chi connectivity index (χ1n) is 14.5. The molecule has 0 spiro atoms. The Hall–Kier alpha value is -4.15. The number of imidazole rings is 1. The first-order valence-corrected chi connectivity index (χ1v) is 14.5. The summed E-state index contributed by atoms with van der Waals surface area (Å²) in [6, 6.07) is 12.2. The molecule has 1 saturated carbocycles. The largest absolute Gasteiger partial charge is 0.465 e. The van der Waals surface area contributed by atoms with Crippen LogP contribution >= 0.6 is 0 Å². The van der Waals surface area contributed by atoms with Crippen molar-refractivity contribution in [1.82, 2.24) is 25.1 Å². The molecular formula is C31H38FN5O5. The topological polar surface area (TPSA) is 128 Å². The van der Waals surface area contributed by atoms with Crippen molar-refractivity contribution in [1.29, 1.82) is 0 Å². The highest BCUT2D eigenvalue weighted by Crippen LogP contribution is 2.39. The van der Waals surface area contributed by atoms with Crippen LogP contribution in [0.1, 0.15) is 61.5 Å². The Morgan fingerprint density at radius 2 is 1.83 bits per heavy atom. The van der Waals surface area contributed by atoms with E-state index >= 15 is 4.39 Å². The third kappa shape index (κ3) is 6.19. The Balaban J connectivity index is 1.43. The monoisotopic (exact) mass is 579 g/mol. The highest BCUT2D eigenvalue weighted by molar-refractivity contribution is 5.83. The fourth-order valence-corrected chi connectivity index (χ4v) is 6.29. The Morgan fingerprint density at radius 3 is 2.50 bits per heavy atom. The Bertz CT molecular complexity index is 1440. The second-order valence-corrected chi connectivity index (χ2v) is 11.8. The molecule has 1 aliphatic heterocycles. The highest BCUT2D eigenvalue weighted by atomic mass is 19.1. The second-order valence-electron chi connectivity index (χ2n) is 11.8. The molecule has 1 aromatic heterocycles. The number of aromatic nitrogens is 2. The van der Waals surface area contributed by atoms with Gasteiger partial charge in [-0.25, -0.2) is 19.0 Å². The lowest BCUT2D eigenvalue weighted by molar-refractivity contribution is -0.132. The number of benzene rings is 2. The molecule has 11 heteroatoms. The van der Waals surface area contributed by atoms with Crippen molar-refractivity contribution in [3.63, 3.8) is 0 Å². The van der Waals surface area contributed by atoms with Gasteiger partial charge in [-0.05, 0) is 41.9 Å². The van der Waals surface area contributed by atoms with Gasteiger partial charge in [0.2, 0.25) is 5.91 Å². The molecule has 2 aliphatic rings. The first kappa shape index (κ1) is 29.3. The molecule has 3 atom stereocenters. The molecule has 3 amide bonds. The highest BCUT2D eigenvalue weighted by Gasteiger charge is 2.42. The zero-order valence-corrected chi connectivity index (χ0v) is 24.2. The number of halogens is 1. The average molecular weight is 580 g/mol. The van der Waals surface area contributed by atoms with Crippen LogP contribution in [0, 0.1) is 23.6 Å². The van der Waals surface area contributed by atoms with E-state index in [4.69, 9.17) is 4.74 Å². The minimum atomic E-state index is -1.15. The number of rotatable bonds is 7. The number of ether oxygens (including phenoxy) is 1. The molecule has 3 unspecified atom stereocenters. The fraction of sp³-hybridized carbons (Fsp3) is 0.484. The summed E-state index contributed by atoms with van der Waals surface area (Å²) in [5, 5.41) is 12.6. The number of hydrogen-bond donors (Lipinski definition) is 3. The summed E-state index contributed by atoms with van der Waals surface area (Å²) in [4.78, 5) is 48.0. The van der Waals surface area contributed by atoms with Crippen molar-refractivity contribution in [2.45, 2.75) is 51.2 Å². The second kappa shape index (κ2) is 12.4. The lowest BCUT2D eigenvalue weighted by atomic mass is 9.79. The summed E-state index contributed by atoms with van der Waals surface area (Å²) in [6.07, 6.45) is 2.09. The molecule has 0 bridgehead atoms. The van der Waals surface area contributed by atoms with E-state index in [-0.39, 0.29) is 42.6 Å². The van der Waals surface area contributed by atoms with Gasteiger partial charge in [0.15, 0.2) is 5.82 Å². The molecule has 10 nitrogen and oxygen atoms in total. The molecule has 1 saturated heterocycles. The molecule has 3 N–H and O–H groups in total. The maximum Gasteiger partial charge on any atom is 0.408 e. The Morgan fingerprint density at radius 1 is 1.12 bits per heavy atom. The van der Waals surface area contributed by atoms with Crippen molar-refractivity contribution in [2.75, 3.05) is 27.2 Å². The van der Waals surface area contributed by atoms with Gasteiger partial charge in [-0.15, -0.1) is 0 Å². The summed E-state index contributed by atoms with van der Waals surface area (Å²) >= 11 is 0. The van der Waals surface area contributed by atoms with Gasteiger partial charge in [0.1, 0.15) is 17.9 Å². The van der Waals surface area contributed by atoms with E-state index < -0.39 is 35.9 Å². The van der Waals surface area contributed by atoms with Crippen LogP contribution in [0.3, 0.4) is 0 Å². The fourth-order valence-electron chi connectivity index (χ4n) is 6.29. The number of aromatic amines is 1. The number of amides is 3. The third-order valence-corrected chi connectivity index (χ3v) is 8.70. The minimum Gasteiger partial charge on any atom is -0.465 e. The number of fused-ring (bicyclic) bond motifs is 1. The molecule has 2 aromatic carbocycles. The maximum absolute atomic E-state index is 16.1. The predicted octanol–water partition coefficient (Wildman–Crippen LogP) is 5.28. The lowest BCUT2D eigenvalue weighted by Crippen LogP contribution is -2.36. The van der Waals surface area contributed by atoms with Crippen molar-refractivity contribution >= 4 is 29.1 Å². The van der Waals surface area contributed by atoms with Gasteiger partial charge >= 0.3 is 12.2 Å². The van der Waals surface area contributed by atoms with Gasteiger partial charge in [0, 0.05) is 33.1 Å². The van der Waals surface area contributed by atoms with E-state index in [1.807, 2.05) is 30.3 Å². The Labute approximate surface area is 244 Å². The number of carboxylic acid groups (broad SMARTS) is 1. The van der Waals surface area contributed by atoms with E-state index in [0.717, 1.165) is 36.1 Å². The average Bonchev–Trinajstić information content (AvgIpc) is 3.61. The quantitative estimate of drug-likeness (QED) is 0.350. The van der Waals surface area contributed by atoms with Gasteiger partial charge in [-0.2, -0.15) is 0 Å². The predicted molar refractivity (Wildman–Crippen MR) is 154 cm³/mol. The first-order chi connectivity index (χ1) is 20.1. The smallest absolute Gasteiger partial charge is 0.408 e. The van der Waals surface area contributed by atoms with Crippen molar-refractivity contribution < 1.29 is 28.6 Å². The number of H-pyrrole nitrogens is 1. The molecule has 5 rings (SSSR count). The molecular weight excluding hydrogens is 541 g/mol. The van der Waals surface area contributed by atoms with Crippen LogP contribution in [-0.2, 0) is 16.1 Å². The van der Waals surface area contributed by atoms with Crippen LogP contribution in [0.15, 0.2) is 42.5 Å². The van der Waals surface area contributed by atoms with E-state index in [0.29, 0.717) is 17.3 Å². The van der Waals surface area contributed by atoms with Gasteiger partial charge in [0.25, 0.3) is 0 Å². The maximum atomic E-state index is 16.1. The minimum absolute atomic E-state index is 0.00248. The molecule has 0 radical (unpaired) electrons. The third-order valence-electron chi connectivity index (χ3n) is 8.70. The number of nitrogens with zero attached hydrogens (tertiary/aromatic N) is 3. The molecule has 224 valence electrons. The molecule has 1 aliphatic carbocycles. The normalized spacial score (nSPS) is 23.0. The molecule has 42 heavy (non-hydrogen) atoms. The van der Waals surface area contributed by atoms with Gasteiger partial charge in [-0.3, -0.25) is 4.79 Å². The van der Waals surface area contributed by atoms with Crippen LogP contribution in [-0.4, -0.2) is 70.2 Å². The lowest BCUT2D eigenvalue weighted by Gasteiger charge is -2.32. The van der Waals surface area contributed by atoms with Gasteiger partial charge < -0.3 is 29.9 Å². The van der Waals surface area contributed by atoms with E-state index in [2.05, 4.69) is 22.2 Å². The van der Waals surface area contributed by atoms with Crippen LogP contribution < -0.4 is 5.32 Å². The summed E-state index contributed by atoms with van der Waals surface area (Å²) < 4.78 is 21.6. The van der Waals surface area contributed by atoms with Crippen LogP contribution in [0.2, 0.25) is 0 Å². The van der Waals surface area contributed by atoms with Gasteiger partial charge in [0.05, 0.1) is 17.5 Å². The number of nitrogens with one attached hydrogen (secondary N) is 2. The van der Waals surface area contributed by atoms with Crippen LogP contribution in [0.5, 0.6) is 0 Å². The number of hydrogen-bond acceptors (Lipinski definition) is 5. The van der Waals surface area contributed by atoms with E-state index in [1.165, 1.54) is 4.90 Å². The molecule has 3 aromatic rings. The Kier molecular flexibility index (Phi) is 8.65. The standard InChI is InChI=1S/C31H38FN5O5/c1-18-9-11-20(12-10-18)26(35-30(39)42-17-19-7-5-4-6-8-19)28-33-24-14-13-21(25(32)27(24)34-28)22-15-37(31(40)41)16-23(22)29(38)36(2)3/h4-8,13-14,18,20,22-23,26H,9-12,15-17H2,1-3H3,(H,33,34)(H,35,39)(H,40,41). The number of alkyl carbamates (subject to hydrolysis) is 1. The van der Waals surface area contributed by atoms with E-state index in [1.54, 1.807) is 26.2 Å².